The van der Waals surface area contributed by atoms with E-state index in [1.54, 1.807) is 20.8 Å². The summed E-state index contributed by atoms with van der Waals surface area (Å²) in [6.07, 6.45) is -0.583. The minimum absolute atomic E-state index is 0.255. The standard InChI is InChI=1S/C14H16ClF2NO3/c1-13(2,3)21-12(20)18-14(4,7-19)8-5-6-9(16)10(15)11(8)17/h5-7H,1-4H3,(H,18,20). The summed E-state index contributed by atoms with van der Waals surface area (Å²) in [4.78, 5) is 23.1. The van der Waals surface area contributed by atoms with Crippen molar-refractivity contribution in [2.75, 3.05) is 0 Å². The van der Waals surface area contributed by atoms with Crippen LogP contribution in [-0.2, 0) is 15.1 Å². The molecule has 116 valence electrons. The van der Waals surface area contributed by atoms with Crippen LogP contribution in [-0.4, -0.2) is 18.0 Å². The number of nitrogens with one attached hydrogen (secondary N) is 1. The fraction of sp³-hybridized carbons (Fsp3) is 0.429. The largest absolute Gasteiger partial charge is 0.444 e. The molecular weight excluding hydrogens is 304 g/mol. The van der Waals surface area contributed by atoms with E-state index in [1.807, 2.05) is 0 Å². The van der Waals surface area contributed by atoms with E-state index in [4.69, 9.17) is 16.3 Å². The molecule has 0 bridgehead atoms. The Morgan fingerprint density at radius 1 is 1.29 bits per heavy atom. The first-order chi connectivity index (χ1) is 9.50. The van der Waals surface area contributed by atoms with Gasteiger partial charge in [-0.25, -0.2) is 13.6 Å². The lowest BCUT2D eigenvalue weighted by Crippen LogP contribution is -2.47. The summed E-state index contributed by atoms with van der Waals surface area (Å²) in [5.74, 6) is -2.06. The van der Waals surface area contributed by atoms with Gasteiger partial charge in [0.15, 0.2) is 5.82 Å². The molecule has 1 amide bonds. The predicted molar refractivity (Wildman–Crippen MR) is 74.2 cm³/mol. The third-order valence-electron chi connectivity index (χ3n) is 2.59. The van der Waals surface area contributed by atoms with Crippen LogP contribution in [0.2, 0.25) is 5.02 Å². The number of aldehydes is 1. The number of carbonyl (C=O) groups excluding carboxylic acids is 2. The van der Waals surface area contributed by atoms with Crippen molar-refractivity contribution >= 4 is 24.0 Å². The lowest BCUT2D eigenvalue weighted by atomic mass is 9.93. The molecule has 1 rings (SSSR count). The molecule has 1 N–H and O–H groups in total. The summed E-state index contributed by atoms with van der Waals surface area (Å²) in [7, 11) is 0. The van der Waals surface area contributed by atoms with E-state index >= 15 is 0 Å². The van der Waals surface area contributed by atoms with Crippen molar-refractivity contribution in [3.8, 4) is 0 Å². The van der Waals surface area contributed by atoms with Crippen LogP contribution < -0.4 is 5.32 Å². The number of alkyl carbamates (subject to hydrolysis) is 1. The molecule has 0 radical (unpaired) electrons. The minimum atomic E-state index is -1.73. The molecule has 7 heteroatoms. The Labute approximate surface area is 126 Å². The van der Waals surface area contributed by atoms with E-state index < -0.39 is 33.9 Å². The maximum absolute atomic E-state index is 14.0. The molecule has 1 atom stereocenters. The van der Waals surface area contributed by atoms with Crippen LogP contribution in [0.5, 0.6) is 0 Å². The summed E-state index contributed by atoms with van der Waals surface area (Å²) < 4.78 is 32.2. The van der Waals surface area contributed by atoms with Gasteiger partial charge in [0.1, 0.15) is 28.3 Å². The van der Waals surface area contributed by atoms with Crippen LogP contribution in [0.15, 0.2) is 12.1 Å². The average molecular weight is 320 g/mol. The molecule has 0 heterocycles. The van der Waals surface area contributed by atoms with Crippen LogP contribution in [0, 0.1) is 11.6 Å². The van der Waals surface area contributed by atoms with Gasteiger partial charge in [0.05, 0.1) is 0 Å². The Hall–Kier alpha value is -1.69. The van der Waals surface area contributed by atoms with Gasteiger partial charge in [-0.05, 0) is 33.8 Å². The second-order valence-corrected chi connectivity index (χ2v) is 6.05. The molecule has 0 saturated carbocycles. The average Bonchev–Trinajstić information content (AvgIpc) is 2.33. The number of hydrogen-bond acceptors (Lipinski definition) is 3. The molecule has 0 aromatic heterocycles. The normalized spacial score (nSPS) is 14.2. The van der Waals surface area contributed by atoms with Crippen molar-refractivity contribution in [1.82, 2.24) is 5.32 Å². The van der Waals surface area contributed by atoms with Crippen molar-refractivity contribution in [2.45, 2.75) is 38.8 Å². The first kappa shape index (κ1) is 17.4. The number of rotatable bonds is 3. The molecule has 0 aliphatic carbocycles. The summed E-state index contributed by atoms with van der Waals surface area (Å²) >= 11 is 5.48. The highest BCUT2D eigenvalue weighted by molar-refractivity contribution is 6.31. The van der Waals surface area contributed by atoms with Crippen molar-refractivity contribution in [2.24, 2.45) is 0 Å². The first-order valence-electron chi connectivity index (χ1n) is 6.11. The highest BCUT2D eigenvalue weighted by Crippen LogP contribution is 2.29. The van der Waals surface area contributed by atoms with E-state index in [-0.39, 0.29) is 5.56 Å². The highest BCUT2D eigenvalue weighted by Gasteiger charge is 2.34. The van der Waals surface area contributed by atoms with E-state index in [0.29, 0.717) is 6.29 Å². The number of benzene rings is 1. The molecule has 0 aliphatic heterocycles. The molecule has 0 aliphatic rings. The van der Waals surface area contributed by atoms with E-state index in [0.717, 1.165) is 12.1 Å². The summed E-state index contributed by atoms with van der Waals surface area (Å²) in [5, 5.41) is 1.51. The fourth-order valence-electron chi connectivity index (χ4n) is 1.60. The van der Waals surface area contributed by atoms with Crippen molar-refractivity contribution < 1.29 is 23.1 Å². The maximum atomic E-state index is 14.0. The molecule has 0 spiro atoms. The summed E-state index contributed by atoms with van der Waals surface area (Å²) in [6.45, 7) is 6.18. The van der Waals surface area contributed by atoms with Gasteiger partial charge in [0.2, 0.25) is 0 Å². The second-order valence-electron chi connectivity index (χ2n) is 5.67. The van der Waals surface area contributed by atoms with Crippen LogP contribution in [0.1, 0.15) is 33.3 Å². The molecule has 1 unspecified atom stereocenters. The zero-order valence-corrected chi connectivity index (χ0v) is 12.8. The third kappa shape index (κ3) is 4.14. The van der Waals surface area contributed by atoms with Crippen LogP contribution >= 0.6 is 11.6 Å². The highest BCUT2D eigenvalue weighted by atomic mass is 35.5. The summed E-state index contributed by atoms with van der Waals surface area (Å²) in [6, 6.07) is 1.96. The minimum Gasteiger partial charge on any atom is -0.444 e. The number of hydrogen-bond donors (Lipinski definition) is 1. The van der Waals surface area contributed by atoms with Gasteiger partial charge in [0.25, 0.3) is 0 Å². The van der Waals surface area contributed by atoms with E-state index in [9.17, 15) is 18.4 Å². The molecule has 1 aromatic carbocycles. The van der Waals surface area contributed by atoms with E-state index in [2.05, 4.69) is 5.32 Å². The van der Waals surface area contributed by atoms with Crippen LogP contribution in [0.25, 0.3) is 0 Å². The van der Waals surface area contributed by atoms with Crippen LogP contribution in [0.3, 0.4) is 0 Å². The molecule has 1 aromatic rings. The number of carbonyl (C=O) groups is 2. The quantitative estimate of drug-likeness (QED) is 0.684. The Balaban J connectivity index is 3.14. The van der Waals surface area contributed by atoms with Gasteiger partial charge in [0, 0.05) is 5.56 Å². The van der Waals surface area contributed by atoms with Crippen LogP contribution in [0.4, 0.5) is 13.6 Å². The Morgan fingerprint density at radius 2 is 1.86 bits per heavy atom. The molecule has 21 heavy (non-hydrogen) atoms. The number of ether oxygens (including phenoxy) is 1. The Kier molecular flexibility index (Phi) is 4.94. The number of amides is 1. The lowest BCUT2D eigenvalue weighted by Gasteiger charge is -2.28. The Morgan fingerprint density at radius 3 is 2.33 bits per heavy atom. The monoisotopic (exact) mass is 319 g/mol. The smallest absolute Gasteiger partial charge is 0.408 e. The van der Waals surface area contributed by atoms with Crippen molar-refractivity contribution in [3.05, 3.63) is 34.4 Å². The molecule has 4 nitrogen and oxygen atoms in total. The Bertz CT molecular complexity index is 572. The topological polar surface area (TPSA) is 55.4 Å². The summed E-state index contributed by atoms with van der Waals surface area (Å²) in [5.41, 5.74) is -2.77. The van der Waals surface area contributed by atoms with Gasteiger partial charge in [-0.2, -0.15) is 0 Å². The fourth-order valence-corrected chi connectivity index (χ4v) is 1.77. The van der Waals surface area contributed by atoms with Gasteiger partial charge in [-0.15, -0.1) is 0 Å². The predicted octanol–water partition coefficient (Wildman–Crippen LogP) is 3.56. The van der Waals surface area contributed by atoms with Gasteiger partial charge >= 0.3 is 6.09 Å². The van der Waals surface area contributed by atoms with Gasteiger partial charge < -0.3 is 14.8 Å². The zero-order valence-electron chi connectivity index (χ0n) is 12.1. The van der Waals surface area contributed by atoms with Crippen molar-refractivity contribution in [1.29, 1.82) is 0 Å². The maximum Gasteiger partial charge on any atom is 0.408 e. The van der Waals surface area contributed by atoms with Crippen molar-refractivity contribution in [3.63, 3.8) is 0 Å². The SMILES string of the molecule is CC(C)(C)OC(=O)NC(C)(C=O)c1ccc(F)c(Cl)c1F. The lowest BCUT2D eigenvalue weighted by molar-refractivity contribution is -0.113. The zero-order chi connectivity index (χ0) is 16.4. The molecule has 0 fully saturated rings. The molecule has 0 saturated heterocycles. The van der Waals surface area contributed by atoms with Gasteiger partial charge in [-0.1, -0.05) is 17.7 Å². The van der Waals surface area contributed by atoms with Gasteiger partial charge in [-0.3, -0.25) is 0 Å². The molecular formula is C14H16ClF2NO3. The third-order valence-corrected chi connectivity index (χ3v) is 2.94. The number of halogens is 3. The van der Waals surface area contributed by atoms with E-state index in [1.165, 1.54) is 6.92 Å². The first-order valence-corrected chi connectivity index (χ1v) is 6.49. The second kappa shape index (κ2) is 5.97.